The molecular weight excluding hydrogens is 771 g/mol. The number of fused-ring (bicyclic) bond motifs is 6. The van der Waals surface area contributed by atoms with Crippen molar-refractivity contribution in [2.75, 3.05) is 53.0 Å². The van der Waals surface area contributed by atoms with Crippen molar-refractivity contribution >= 4 is 40.5 Å². The number of nitrogens with zero attached hydrogens (tertiary/aromatic N) is 7. The number of likely N-dealkylation sites (tertiary alicyclic amines) is 1. The molecule has 1 saturated heterocycles. The Hall–Kier alpha value is -5.01. The molecule has 56 heavy (non-hydrogen) atoms. The fourth-order valence-corrected chi connectivity index (χ4v) is 8.11. The van der Waals surface area contributed by atoms with E-state index in [0.717, 1.165) is 28.5 Å². The molecule has 1 saturated carbocycles. The number of amides is 2. The molecule has 2 amide bonds. The maximum absolute atomic E-state index is 16.8. The first-order valence-corrected chi connectivity index (χ1v) is 17.8. The number of aryl methyl sites for hydroxylation is 1. The first-order valence-electron chi connectivity index (χ1n) is 17.4. The number of nitrogens with one attached hydrogen (secondary N) is 1. The molecule has 4 unspecified atom stereocenters. The molecular formula is C36H38ClF5N8O6. The van der Waals surface area contributed by atoms with Gasteiger partial charge in [-0.3, -0.25) is 18.8 Å². The standard InChI is InChI=1S/C33H29ClF4N8O5.C2H6O.CH3F/c1-15-27(48)25(40-14-39-15)30(50)44-7-6-32(22(35)12-44)19-11-18(19)26-24(32)29(49)46-31(42-28(43-46)16-4-8-51-9-5-16)45(26)13-23(47)41-21-3-2-17(10-20(21)34)33(36,37)38;1-3-2;1-2/h2-4,10,14,18-19,22,48H,5-9,11-13H2,1H3,(H,41,47);1-2H3;1H3. The van der Waals surface area contributed by atoms with Crippen LogP contribution in [0.2, 0.25) is 5.02 Å². The van der Waals surface area contributed by atoms with Crippen LogP contribution < -0.4 is 10.9 Å². The molecule has 1 spiro atoms. The monoisotopic (exact) mass is 808 g/mol. The van der Waals surface area contributed by atoms with Crippen molar-refractivity contribution in [2.24, 2.45) is 5.92 Å². The molecule has 14 nitrogen and oxygen atoms in total. The highest BCUT2D eigenvalue weighted by atomic mass is 35.5. The van der Waals surface area contributed by atoms with E-state index < -0.39 is 53.0 Å². The first-order chi connectivity index (χ1) is 26.7. The Bertz CT molecular complexity index is 2270. The van der Waals surface area contributed by atoms with Gasteiger partial charge < -0.3 is 29.4 Å². The molecule has 4 aliphatic rings. The van der Waals surface area contributed by atoms with Crippen molar-refractivity contribution in [2.45, 2.75) is 56.4 Å². The molecule has 2 aliphatic heterocycles. The molecule has 1 aromatic carbocycles. The van der Waals surface area contributed by atoms with Gasteiger partial charge in [0.1, 0.15) is 19.0 Å². The van der Waals surface area contributed by atoms with Gasteiger partial charge in [-0.1, -0.05) is 17.7 Å². The number of halogens is 6. The minimum atomic E-state index is -4.63. The number of methoxy groups -OCH3 is 1. The second-order valence-electron chi connectivity index (χ2n) is 13.6. The zero-order valence-electron chi connectivity index (χ0n) is 30.7. The molecule has 3 aromatic heterocycles. The SMILES string of the molecule is CF.COC.Cc1ncnc(C(=O)N2CCC3(c4c(n(CC(=O)Nc5ccc(C(F)(F)F)cc5Cl)c5nc(C6=CCOCC6)nn5c4=O)C4CC43)C(F)C2)c1O. The Labute approximate surface area is 321 Å². The number of benzene rings is 1. The Kier molecular flexibility index (Phi) is 11.5. The molecule has 2 aliphatic carbocycles. The van der Waals surface area contributed by atoms with Crippen molar-refractivity contribution in [3.63, 3.8) is 0 Å². The normalized spacial score (nSPS) is 22.3. The van der Waals surface area contributed by atoms with Crippen molar-refractivity contribution < 1.29 is 46.1 Å². The third-order valence-electron chi connectivity index (χ3n) is 10.4. The number of aromatic nitrogens is 6. The summed E-state index contributed by atoms with van der Waals surface area (Å²) in [5, 5.41) is 17.2. The summed E-state index contributed by atoms with van der Waals surface area (Å²) in [6.45, 7) is 1.50. The summed E-state index contributed by atoms with van der Waals surface area (Å²) < 4.78 is 78.3. The summed E-state index contributed by atoms with van der Waals surface area (Å²) in [5.41, 5.74) is -1.63. The number of alkyl halides is 5. The van der Waals surface area contributed by atoms with E-state index in [1.54, 1.807) is 20.3 Å². The van der Waals surface area contributed by atoms with Gasteiger partial charge in [0.2, 0.25) is 11.7 Å². The van der Waals surface area contributed by atoms with E-state index in [9.17, 15) is 37.1 Å². The average Bonchev–Trinajstić information content (AvgIpc) is 3.75. The molecule has 0 bridgehead atoms. The minimum absolute atomic E-state index is 0.0511. The number of rotatable bonds is 5. The van der Waals surface area contributed by atoms with E-state index in [1.165, 1.54) is 16.4 Å². The lowest BCUT2D eigenvalue weighted by Crippen LogP contribution is -2.55. The molecule has 0 radical (unpaired) electrons. The second kappa shape index (κ2) is 15.9. The number of piperidine rings is 1. The summed E-state index contributed by atoms with van der Waals surface area (Å²) in [6.07, 6.45) is -2.32. The van der Waals surface area contributed by atoms with Crippen LogP contribution in [0, 0.1) is 12.8 Å². The van der Waals surface area contributed by atoms with Crippen LogP contribution in [0.25, 0.3) is 11.4 Å². The van der Waals surface area contributed by atoms with Crippen LogP contribution in [0.1, 0.15) is 64.0 Å². The summed E-state index contributed by atoms with van der Waals surface area (Å²) in [6, 6.07) is 2.56. The Morgan fingerprint density at radius 3 is 2.57 bits per heavy atom. The lowest BCUT2D eigenvalue weighted by Gasteiger charge is -2.43. The maximum atomic E-state index is 16.8. The number of carbonyl (C=O) groups is 2. The van der Waals surface area contributed by atoms with Gasteiger partial charge >= 0.3 is 6.18 Å². The first kappa shape index (κ1) is 40.6. The van der Waals surface area contributed by atoms with E-state index in [-0.39, 0.29) is 70.6 Å². The largest absolute Gasteiger partial charge is 0.504 e. The fourth-order valence-electron chi connectivity index (χ4n) is 7.88. The van der Waals surface area contributed by atoms with Crippen LogP contribution in [-0.4, -0.2) is 105 Å². The molecule has 4 atom stereocenters. The predicted molar refractivity (Wildman–Crippen MR) is 192 cm³/mol. The van der Waals surface area contributed by atoms with Crippen LogP contribution in [0.15, 0.2) is 35.4 Å². The molecule has 5 heterocycles. The van der Waals surface area contributed by atoms with Crippen LogP contribution in [0.5, 0.6) is 5.75 Å². The van der Waals surface area contributed by atoms with Gasteiger partial charge in [0.05, 0.1) is 48.9 Å². The quantitative estimate of drug-likeness (QED) is 0.265. The van der Waals surface area contributed by atoms with E-state index in [4.69, 9.17) is 16.3 Å². The van der Waals surface area contributed by atoms with Crippen molar-refractivity contribution in [1.29, 1.82) is 0 Å². The van der Waals surface area contributed by atoms with Crippen LogP contribution in [0.4, 0.5) is 27.6 Å². The predicted octanol–water partition coefficient (Wildman–Crippen LogP) is 4.90. The van der Waals surface area contributed by atoms with Gasteiger partial charge in [0.25, 0.3) is 11.5 Å². The van der Waals surface area contributed by atoms with Gasteiger partial charge in [0, 0.05) is 43.4 Å². The number of carbonyl (C=O) groups excluding carboxylic acids is 2. The number of anilines is 1. The van der Waals surface area contributed by atoms with Crippen molar-refractivity contribution in [3.05, 3.63) is 80.0 Å². The number of hydrogen-bond donors (Lipinski definition) is 2. The number of aromatic hydroxyl groups is 1. The minimum Gasteiger partial charge on any atom is -0.504 e. The van der Waals surface area contributed by atoms with E-state index >= 15 is 4.39 Å². The Morgan fingerprint density at radius 2 is 1.93 bits per heavy atom. The van der Waals surface area contributed by atoms with E-state index in [2.05, 4.69) is 30.1 Å². The summed E-state index contributed by atoms with van der Waals surface area (Å²) >= 11 is 6.12. The highest BCUT2D eigenvalue weighted by molar-refractivity contribution is 6.33. The average molecular weight is 809 g/mol. The van der Waals surface area contributed by atoms with Crippen molar-refractivity contribution in [1.82, 2.24) is 34.0 Å². The maximum Gasteiger partial charge on any atom is 0.416 e. The topological polar surface area (TPSA) is 166 Å². The van der Waals surface area contributed by atoms with Crippen LogP contribution >= 0.6 is 11.6 Å². The molecule has 2 N–H and O–H groups in total. The third kappa shape index (κ3) is 7.11. The lowest BCUT2D eigenvalue weighted by atomic mass is 9.70. The van der Waals surface area contributed by atoms with Gasteiger partial charge in [-0.05, 0) is 55.9 Å². The van der Waals surface area contributed by atoms with Gasteiger partial charge in [-0.2, -0.15) is 22.7 Å². The van der Waals surface area contributed by atoms with E-state index in [1.807, 2.05) is 0 Å². The molecule has 300 valence electrons. The molecule has 20 heteroatoms. The second-order valence-corrected chi connectivity index (χ2v) is 14.0. The van der Waals surface area contributed by atoms with Crippen molar-refractivity contribution in [3.8, 4) is 5.75 Å². The Morgan fingerprint density at radius 1 is 1.20 bits per heavy atom. The summed E-state index contributed by atoms with van der Waals surface area (Å²) in [4.78, 5) is 55.1. The third-order valence-corrected chi connectivity index (χ3v) is 10.7. The van der Waals surface area contributed by atoms with Crippen LogP contribution in [0.3, 0.4) is 0 Å². The number of ether oxygens (including phenoxy) is 2. The zero-order chi connectivity index (χ0) is 40.7. The van der Waals surface area contributed by atoms with Gasteiger partial charge in [0.15, 0.2) is 17.3 Å². The highest BCUT2D eigenvalue weighted by Gasteiger charge is 2.68. The number of hydrogen-bond acceptors (Lipinski definition) is 10. The molecule has 8 rings (SSSR count). The zero-order valence-corrected chi connectivity index (χ0v) is 31.4. The highest BCUT2D eigenvalue weighted by Crippen LogP contribution is 2.68. The summed E-state index contributed by atoms with van der Waals surface area (Å²) in [7, 11) is 3.75. The smallest absolute Gasteiger partial charge is 0.416 e. The van der Waals surface area contributed by atoms with Gasteiger partial charge in [-0.25, -0.2) is 14.4 Å². The molecule has 4 aromatic rings. The molecule has 2 fully saturated rings. The summed E-state index contributed by atoms with van der Waals surface area (Å²) in [5.74, 6) is -2.03. The Balaban J connectivity index is 0.00000102. The van der Waals surface area contributed by atoms with Gasteiger partial charge in [-0.15, -0.1) is 5.10 Å². The fraction of sp³-hybridized carbons (Fsp3) is 0.472. The lowest BCUT2D eigenvalue weighted by molar-refractivity contribution is -0.137. The van der Waals surface area contributed by atoms with Crippen LogP contribution in [-0.2, 0) is 32.4 Å². The van der Waals surface area contributed by atoms with E-state index in [0.29, 0.717) is 45.0 Å².